The fraction of sp³-hybridized carbons (Fsp3) is 0.458. The Labute approximate surface area is 208 Å². The highest BCUT2D eigenvalue weighted by Gasteiger charge is 2.27. The summed E-state index contributed by atoms with van der Waals surface area (Å²) < 4.78 is 28.8. The molecule has 2 amide bonds. The second-order valence-corrected chi connectivity index (χ2v) is 11.0. The van der Waals surface area contributed by atoms with Crippen LogP contribution in [0.15, 0.2) is 53.4 Å². The number of nitrogens with two attached hydrogens (primary N) is 1. The number of para-hydroxylation sites is 1. The molecule has 0 radical (unpaired) electrons. The van der Waals surface area contributed by atoms with Crippen molar-refractivity contribution >= 4 is 34.5 Å². The average Bonchev–Trinajstić information content (AvgIpc) is 2.83. The van der Waals surface area contributed by atoms with Crippen LogP contribution in [-0.4, -0.2) is 37.4 Å². The van der Waals surface area contributed by atoms with Crippen molar-refractivity contribution in [3.8, 4) is 0 Å². The zero-order valence-corrected chi connectivity index (χ0v) is 21.2. The molecule has 1 unspecified atom stereocenters. The molecule has 190 valence electrons. The number of anilines is 2. The molecule has 0 aliphatic heterocycles. The summed E-state index contributed by atoms with van der Waals surface area (Å²) in [5.74, 6) is 5.72. The van der Waals surface area contributed by atoms with Crippen molar-refractivity contribution in [2.75, 3.05) is 10.0 Å². The minimum Gasteiger partial charge on any atom is -0.437 e. The number of carbonyl (C=O) groups is 1. The van der Waals surface area contributed by atoms with E-state index in [2.05, 4.69) is 17.0 Å². The third-order valence-corrected chi connectivity index (χ3v) is 7.99. The van der Waals surface area contributed by atoms with Gasteiger partial charge in [0.1, 0.15) is 0 Å². The summed E-state index contributed by atoms with van der Waals surface area (Å²) in [6, 6.07) is 12.6. The van der Waals surface area contributed by atoms with Gasteiger partial charge in [-0.15, -0.1) is 0 Å². The van der Waals surface area contributed by atoms with Gasteiger partial charge in [0.05, 0.1) is 10.6 Å². The molecule has 1 aliphatic rings. The van der Waals surface area contributed by atoms with Crippen molar-refractivity contribution in [2.45, 2.75) is 69.8 Å². The summed E-state index contributed by atoms with van der Waals surface area (Å²) in [6.45, 7) is 4.31. The molecule has 6 N–H and O–H groups in total. The molecule has 1 fully saturated rings. The van der Waals surface area contributed by atoms with Gasteiger partial charge >= 0.3 is 13.1 Å². The van der Waals surface area contributed by atoms with E-state index in [1.54, 1.807) is 19.0 Å². The highest BCUT2D eigenvalue weighted by Crippen LogP contribution is 2.30. The number of urea groups is 1. The molecular weight excluding hydrogens is 465 g/mol. The van der Waals surface area contributed by atoms with E-state index in [0.29, 0.717) is 23.8 Å². The molecule has 2 aromatic rings. The lowest BCUT2D eigenvalue weighted by molar-refractivity contribution is 0.224. The highest BCUT2D eigenvalue weighted by atomic mass is 32.2. The molecular formula is C24H36BN5O4S. The number of amides is 2. The van der Waals surface area contributed by atoms with Gasteiger partial charge in [-0.3, -0.25) is 10.1 Å². The van der Waals surface area contributed by atoms with Gasteiger partial charge in [-0.2, -0.15) is 0 Å². The van der Waals surface area contributed by atoms with Crippen LogP contribution >= 0.6 is 0 Å². The molecule has 1 atom stereocenters. The van der Waals surface area contributed by atoms with Crippen molar-refractivity contribution < 1.29 is 18.2 Å². The van der Waals surface area contributed by atoms with Crippen LogP contribution in [0, 0.1) is 5.92 Å². The fourth-order valence-electron chi connectivity index (χ4n) is 4.74. The van der Waals surface area contributed by atoms with Crippen LogP contribution in [0.4, 0.5) is 16.2 Å². The van der Waals surface area contributed by atoms with E-state index in [1.807, 2.05) is 22.4 Å². The fourth-order valence-corrected chi connectivity index (χ4v) is 5.84. The smallest absolute Gasteiger partial charge is 0.376 e. The molecule has 0 heterocycles. The minimum atomic E-state index is -3.87. The number of carbonyl (C=O) groups excluding carboxylic acids is 1. The van der Waals surface area contributed by atoms with Gasteiger partial charge in [0.25, 0.3) is 10.0 Å². The predicted octanol–water partition coefficient (Wildman–Crippen LogP) is 3.75. The standard InChI is InChI=1S/C24H36BN5O4S/c1-18(16-19-8-4-3-5-9-19)30(25(2)32)17-20-10-6-7-11-23(20)29-35(33,34)22-14-12-21(13-15-22)27-24(31)28-26/h6-7,10-15,18-19,29,32H,3-5,8-9,16-17,26H2,1-2H3,(H2,27,28,31). The second kappa shape index (κ2) is 12.4. The first-order valence-corrected chi connectivity index (χ1v) is 13.6. The Morgan fingerprint density at radius 1 is 1.14 bits per heavy atom. The molecule has 0 saturated heterocycles. The molecule has 0 bridgehead atoms. The van der Waals surface area contributed by atoms with Gasteiger partial charge in [-0.05, 0) is 61.1 Å². The van der Waals surface area contributed by atoms with E-state index in [9.17, 15) is 18.2 Å². The zero-order valence-electron chi connectivity index (χ0n) is 20.4. The number of nitrogens with one attached hydrogen (secondary N) is 3. The van der Waals surface area contributed by atoms with Crippen LogP contribution in [0.2, 0.25) is 6.82 Å². The van der Waals surface area contributed by atoms with E-state index in [1.165, 1.54) is 56.4 Å². The molecule has 0 aromatic heterocycles. The molecule has 9 nitrogen and oxygen atoms in total. The maximum Gasteiger partial charge on any atom is 0.376 e. The molecule has 35 heavy (non-hydrogen) atoms. The Morgan fingerprint density at radius 3 is 2.43 bits per heavy atom. The second-order valence-electron chi connectivity index (χ2n) is 9.28. The Balaban J connectivity index is 1.74. The van der Waals surface area contributed by atoms with E-state index in [0.717, 1.165) is 12.0 Å². The Kier molecular flexibility index (Phi) is 9.56. The summed E-state index contributed by atoms with van der Waals surface area (Å²) in [4.78, 5) is 13.4. The van der Waals surface area contributed by atoms with Gasteiger partial charge in [0, 0.05) is 12.2 Å². The van der Waals surface area contributed by atoms with Crippen molar-refractivity contribution in [1.29, 1.82) is 0 Å². The number of sulfonamides is 1. The average molecular weight is 501 g/mol. The summed E-state index contributed by atoms with van der Waals surface area (Å²) in [5, 5.41) is 13.0. The van der Waals surface area contributed by atoms with E-state index >= 15 is 0 Å². The first-order chi connectivity index (χ1) is 16.7. The van der Waals surface area contributed by atoms with E-state index < -0.39 is 23.1 Å². The first-order valence-electron chi connectivity index (χ1n) is 12.1. The molecule has 3 rings (SSSR count). The number of benzene rings is 2. The molecule has 0 spiro atoms. The van der Waals surface area contributed by atoms with Crippen LogP contribution in [-0.2, 0) is 16.6 Å². The highest BCUT2D eigenvalue weighted by molar-refractivity contribution is 7.92. The summed E-state index contributed by atoms with van der Waals surface area (Å²) in [6.07, 6.45) is 7.34. The SMILES string of the molecule is CB(O)N(Cc1ccccc1NS(=O)(=O)c1ccc(NC(=O)NN)cc1)C(C)CC1CCCCC1. The number of hydrogen-bond acceptors (Lipinski definition) is 6. The Morgan fingerprint density at radius 2 is 1.80 bits per heavy atom. The van der Waals surface area contributed by atoms with Gasteiger partial charge in [0.2, 0.25) is 0 Å². The number of hydrogen-bond donors (Lipinski definition) is 5. The van der Waals surface area contributed by atoms with Crippen molar-refractivity contribution in [2.24, 2.45) is 11.8 Å². The third-order valence-electron chi connectivity index (χ3n) is 6.61. The summed E-state index contributed by atoms with van der Waals surface area (Å²) >= 11 is 0. The predicted molar refractivity (Wildman–Crippen MR) is 140 cm³/mol. The summed E-state index contributed by atoms with van der Waals surface area (Å²) in [5.41, 5.74) is 3.61. The normalized spacial score (nSPS) is 15.5. The van der Waals surface area contributed by atoms with Gasteiger partial charge in [-0.1, -0.05) is 57.2 Å². The van der Waals surface area contributed by atoms with Crippen LogP contribution in [0.1, 0.15) is 51.0 Å². The van der Waals surface area contributed by atoms with Crippen molar-refractivity contribution in [1.82, 2.24) is 10.2 Å². The Bertz CT molecular complexity index is 1080. The van der Waals surface area contributed by atoms with Crippen LogP contribution in [0.3, 0.4) is 0 Å². The van der Waals surface area contributed by atoms with E-state index in [4.69, 9.17) is 5.84 Å². The van der Waals surface area contributed by atoms with Gasteiger partial charge < -0.3 is 15.2 Å². The quantitative estimate of drug-likeness (QED) is 0.146. The third kappa shape index (κ3) is 7.69. The molecule has 1 aliphatic carbocycles. The number of hydrazine groups is 1. The summed E-state index contributed by atoms with van der Waals surface area (Å²) in [7, 11) is -4.53. The zero-order chi connectivity index (χ0) is 25.4. The minimum absolute atomic E-state index is 0.0593. The van der Waals surface area contributed by atoms with Gasteiger partial charge in [0.15, 0.2) is 0 Å². The van der Waals surface area contributed by atoms with Crippen LogP contribution in [0.25, 0.3) is 0 Å². The number of rotatable bonds is 10. The van der Waals surface area contributed by atoms with E-state index in [-0.39, 0.29) is 10.9 Å². The topological polar surface area (TPSA) is 137 Å². The monoisotopic (exact) mass is 501 g/mol. The lowest BCUT2D eigenvalue weighted by Crippen LogP contribution is -2.44. The lowest BCUT2D eigenvalue weighted by atomic mass is 9.79. The molecule has 2 aromatic carbocycles. The molecule has 11 heteroatoms. The lowest BCUT2D eigenvalue weighted by Gasteiger charge is -2.34. The Hall–Kier alpha value is -2.60. The first kappa shape index (κ1) is 27.0. The largest absolute Gasteiger partial charge is 0.437 e. The van der Waals surface area contributed by atoms with Gasteiger partial charge in [-0.25, -0.2) is 19.1 Å². The maximum absolute atomic E-state index is 13.1. The van der Waals surface area contributed by atoms with Crippen molar-refractivity contribution in [3.63, 3.8) is 0 Å². The van der Waals surface area contributed by atoms with Crippen molar-refractivity contribution in [3.05, 3.63) is 54.1 Å². The maximum atomic E-state index is 13.1. The number of nitrogens with zero attached hydrogens (tertiary/aromatic N) is 1. The van der Waals surface area contributed by atoms with Crippen LogP contribution in [0.5, 0.6) is 0 Å². The van der Waals surface area contributed by atoms with Crippen LogP contribution < -0.4 is 21.3 Å². The molecule has 1 saturated carbocycles.